The second-order valence-electron chi connectivity index (χ2n) is 13.2. The summed E-state index contributed by atoms with van der Waals surface area (Å²) < 4.78 is 6.29. The first kappa shape index (κ1) is 29.9. The van der Waals surface area contributed by atoms with E-state index in [4.69, 9.17) is 9.40 Å². The quantitative estimate of drug-likeness (QED) is 0.177. The van der Waals surface area contributed by atoms with E-state index in [1.54, 1.807) is 0 Å². The van der Waals surface area contributed by atoms with Gasteiger partial charge in [0.2, 0.25) is 5.89 Å². The Morgan fingerprint density at radius 1 is 0.365 bits per heavy atom. The van der Waals surface area contributed by atoms with E-state index in [2.05, 4.69) is 169 Å². The van der Waals surface area contributed by atoms with Crippen molar-refractivity contribution in [3.63, 3.8) is 0 Å². The lowest BCUT2D eigenvalue weighted by atomic mass is 9.97. The molecule has 0 aliphatic carbocycles. The number of aromatic nitrogens is 1. The van der Waals surface area contributed by atoms with Crippen LogP contribution in [0.5, 0.6) is 0 Å². The third-order valence-corrected chi connectivity index (χ3v) is 10.0. The van der Waals surface area contributed by atoms with Crippen LogP contribution in [0.25, 0.3) is 77.1 Å². The summed E-state index contributed by atoms with van der Waals surface area (Å²) in [7, 11) is 0. The second-order valence-corrected chi connectivity index (χ2v) is 13.2. The van der Waals surface area contributed by atoms with Crippen LogP contribution in [-0.4, -0.2) is 4.98 Å². The molecule has 1 heterocycles. The largest absolute Gasteiger partial charge is 0.435 e. The lowest BCUT2D eigenvalue weighted by Gasteiger charge is -2.26. The molecule has 9 aromatic carbocycles. The van der Waals surface area contributed by atoms with Crippen molar-refractivity contribution in [1.82, 2.24) is 4.98 Å². The summed E-state index contributed by atoms with van der Waals surface area (Å²) in [6.07, 6.45) is 0. The molecule has 10 rings (SSSR count). The SMILES string of the molecule is c1ccc(-c2nc3ccc4cc(-c5ccc6cc(N(c7ccccc7)c7ccc(-c8cccc9ccccc89)cc7)ccc6c5)ccc4c3o2)cc1. The van der Waals surface area contributed by atoms with Crippen molar-refractivity contribution >= 4 is 60.5 Å². The summed E-state index contributed by atoms with van der Waals surface area (Å²) >= 11 is 0. The predicted molar refractivity (Wildman–Crippen MR) is 218 cm³/mol. The summed E-state index contributed by atoms with van der Waals surface area (Å²) in [5.74, 6) is 0.643. The van der Waals surface area contributed by atoms with Gasteiger partial charge in [0.05, 0.1) is 0 Å². The van der Waals surface area contributed by atoms with Crippen LogP contribution in [0.15, 0.2) is 199 Å². The van der Waals surface area contributed by atoms with Crippen molar-refractivity contribution in [3.05, 3.63) is 194 Å². The Morgan fingerprint density at radius 2 is 0.981 bits per heavy atom. The topological polar surface area (TPSA) is 29.3 Å². The molecule has 1 aromatic heterocycles. The lowest BCUT2D eigenvalue weighted by molar-refractivity contribution is 0.623. The van der Waals surface area contributed by atoms with Crippen LogP contribution in [0.2, 0.25) is 0 Å². The van der Waals surface area contributed by atoms with Crippen molar-refractivity contribution in [1.29, 1.82) is 0 Å². The number of anilines is 3. The Balaban J connectivity index is 0.989. The zero-order valence-electron chi connectivity index (χ0n) is 28.3. The molecule has 52 heavy (non-hydrogen) atoms. The molecule has 0 radical (unpaired) electrons. The van der Waals surface area contributed by atoms with Gasteiger partial charge in [-0.3, -0.25) is 0 Å². The first-order chi connectivity index (χ1) is 25.7. The molecular weight excluding hydrogens is 633 g/mol. The molecule has 3 heteroatoms. The van der Waals surface area contributed by atoms with Gasteiger partial charge in [-0.25, -0.2) is 4.98 Å². The van der Waals surface area contributed by atoms with E-state index in [0.717, 1.165) is 50.1 Å². The normalized spacial score (nSPS) is 11.5. The van der Waals surface area contributed by atoms with E-state index in [0.29, 0.717) is 5.89 Å². The molecular formula is C49H32N2O. The number of hydrogen-bond acceptors (Lipinski definition) is 3. The van der Waals surface area contributed by atoms with Crippen LogP contribution in [0.4, 0.5) is 17.1 Å². The van der Waals surface area contributed by atoms with Gasteiger partial charge in [0.1, 0.15) is 5.52 Å². The highest BCUT2D eigenvalue weighted by Crippen LogP contribution is 2.39. The third-order valence-electron chi connectivity index (χ3n) is 10.0. The van der Waals surface area contributed by atoms with Crippen LogP contribution < -0.4 is 4.90 Å². The van der Waals surface area contributed by atoms with Crippen LogP contribution in [0, 0.1) is 0 Å². The summed E-state index contributed by atoms with van der Waals surface area (Å²) in [6.45, 7) is 0. The molecule has 0 saturated carbocycles. The van der Waals surface area contributed by atoms with Crippen molar-refractivity contribution in [2.45, 2.75) is 0 Å². The number of fused-ring (bicyclic) bond motifs is 5. The maximum atomic E-state index is 6.29. The average molecular weight is 665 g/mol. The fourth-order valence-corrected chi connectivity index (χ4v) is 7.44. The Bertz CT molecular complexity index is 2890. The van der Waals surface area contributed by atoms with Gasteiger partial charge in [-0.1, -0.05) is 121 Å². The average Bonchev–Trinajstić information content (AvgIpc) is 3.67. The molecule has 0 atom stereocenters. The molecule has 0 aliphatic heterocycles. The number of benzene rings is 9. The number of nitrogens with zero attached hydrogens (tertiary/aromatic N) is 2. The standard InChI is InChI=1S/C49H32N2O/c1-3-11-35(12-4-1)49-50-47-29-24-40-31-38(23-28-46(40)48(47)52-49)36-18-19-39-32-43(27-22-37(39)30-36)51(41-14-5-2-6-15-41)42-25-20-34(21-26-42)45-17-9-13-33-10-7-8-16-44(33)45/h1-32H. The molecule has 0 unspecified atom stereocenters. The molecule has 0 spiro atoms. The van der Waals surface area contributed by atoms with E-state index < -0.39 is 0 Å². The first-order valence-electron chi connectivity index (χ1n) is 17.6. The van der Waals surface area contributed by atoms with Gasteiger partial charge < -0.3 is 9.32 Å². The highest BCUT2D eigenvalue weighted by Gasteiger charge is 2.15. The first-order valence-corrected chi connectivity index (χ1v) is 17.6. The Hall–Kier alpha value is -6.97. The highest BCUT2D eigenvalue weighted by atomic mass is 16.3. The number of hydrogen-bond donors (Lipinski definition) is 0. The van der Waals surface area contributed by atoms with Crippen LogP contribution >= 0.6 is 0 Å². The predicted octanol–water partition coefficient (Wildman–Crippen LogP) is 13.8. The van der Waals surface area contributed by atoms with Gasteiger partial charge in [0.25, 0.3) is 0 Å². The Labute approximate surface area is 301 Å². The van der Waals surface area contributed by atoms with Crippen LogP contribution in [-0.2, 0) is 0 Å². The van der Waals surface area contributed by atoms with E-state index in [9.17, 15) is 0 Å². The van der Waals surface area contributed by atoms with E-state index in [1.807, 2.05) is 30.3 Å². The minimum absolute atomic E-state index is 0.643. The monoisotopic (exact) mass is 664 g/mol. The number of para-hydroxylation sites is 1. The molecule has 0 N–H and O–H groups in total. The lowest BCUT2D eigenvalue weighted by Crippen LogP contribution is -2.09. The molecule has 0 aliphatic rings. The summed E-state index contributed by atoms with van der Waals surface area (Å²) in [5.41, 5.74) is 10.8. The summed E-state index contributed by atoms with van der Waals surface area (Å²) in [5, 5.41) is 7.08. The fraction of sp³-hybridized carbons (Fsp3) is 0. The maximum Gasteiger partial charge on any atom is 0.227 e. The highest BCUT2D eigenvalue weighted by molar-refractivity contribution is 6.05. The molecule has 0 saturated heterocycles. The Kier molecular flexibility index (Phi) is 7.14. The van der Waals surface area contributed by atoms with E-state index in [1.165, 1.54) is 38.2 Å². The van der Waals surface area contributed by atoms with Crippen LogP contribution in [0.1, 0.15) is 0 Å². The smallest absolute Gasteiger partial charge is 0.227 e. The maximum absolute atomic E-state index is 6.29. The minimum atomic E-state index is 0.643. The summed E-state index contributed by atoms with van der Waals surface area (Å²) in [4.78, 5) is 7.09. The van der Waals surface area contributed by atoms with Gasteiger partial charge in [0.15, 0.2) is 5.58 Å². The molecule has 10 aromatic rings. The van der Waals surface area contributed by atoms with Crippen molar-refractivity contribution in [3.8, 4) is 33.7 Å². The Morgan fingerprint density at radius 3 is 1.83 bits per heavy atom. The fourth-order valence-electron chi connectivity index (χ4n) is 7.44. The summed E-state index contributed by atoms with van der Waals surface area (Å²) in [6, 6.07) is 68.9. The van der Waals surface area contributed by atoms with Crippen molar-refractivity contribution < 1.29 is 4.42 Å². The van der Waals surface area contributed by atoms with Gasteiger partial charge in [-0.2, -0.15) is 0 Å². The molecule has 0 amide bonds. The zero-order valence-corrected chi connectivity index (χ0v) is 28.3. The number of rotatable bonds is 6. The van der Waals surface area contributed by atoms with Crippen molar-refractivity contribution in [2.24, 2.45) is 0 Å². The van der Waals surface area contributed by atoms with Gasteiger partial charge in [0, 0.05) is 28.0 Å². The molecule has 3 nitrogen and oxygen atoms in total. The molecule has 0 bridgehead atoms. The molecule has 0 fully saturated rings. The third kappa shape index (κ3) is 5.28. The molecule has 244 valence electrons. The van der Waals surface area contributed by atoms with Gasteiger partial charge in [-0.05, 0) is 122 Å². The number of oxazole rings is 1. The van der Waals surface area contributed by atoms with Crippen LogP contribution in [0.3, 0.4) is 0 Å². The van der Waals surface area contributed by atoms with E-state index >= 15 is 0 Å². The van der Waals surface area contributed by atoms with E-state index in [-0.39, 0.29) is 0 Å². The van der Waals surface area contributed by atoms with Gasteiger partial charge in [-0.15, -0.1) is 0 Å². The zero-order chi connectivity index (χ0) is 34.4. The van der Waals surface area contributed by atoms with Crippen molar-refractivity contribution in [2.75, 3.05) is 4.90 Å². The second kappa shape index (κ2) is 12.4. The minimum Gasteiger partial charge on any atom is -0.435 e. The van der Waals surface area contributed by atoms with Gasteiger partial charge >= 0.3 is 0 Å².